The van der Waals surface area contributed by atoms with E-state index in [9.17, 15) is 14.4 Å². The molecule has 1 unspecified atom stereocenters. The second kappa shape index (κ2) is 11.4. The Balaban J connectivity index is 1.95. The summed E-state index contributed by atoms with van der Waals surface area (Å²) in [6.07, 6.45) is 2.22. The summed E-state index contributed by atoms with van der Waals surface area (Å²) in [6, 6.07) is 3.53. The SMILES string of the molecule is CSCCC(NC(=O)c1ccc(Cl)cc1Cl)C(=O)OCC(=O)Nc1nc(C)cs1. The maximum atomic E-state index is 12.5. The topological polar surface area (TPSA) is 97.4 Å². The lowest BCUT2D eigenvalue weighted by Crippen LogP contribution is -2.43. The Morgan fingerprint density at radius 3 is 2.69 bits per heavy atom. The molecule has 0 bridgehead atoms. The van der Waals surface area contributed by atoms with Crippen LogP contribution >= 0.6 is 46.3 Å². The third-order valence-electron chi connectivity index (χ3n) is 3.59. The average Bonchev–Trinajstić information content (AvgIpc) is 3.07. The highest BCUT2D eigenvalue weighted by Gasteiger charge is 2.24. The highest BCUT2D eigenvalue weighted by Crippen LogP contribution is 2.21. The van der Waals surface area contributed by atoms with Crippen molar-refractivity contribution in [1.82, 2.24) is 10.3 Å². The van der Waals surface area contributed by atoms with Crippen LogP contribution in [0.15, 0.2) is 23.6 Å². The first kappa shape index (κ1) is 23.5. The Labute approximate surface area is 186 Å². The first-order chi connectivity index (χ1) is 13.8. The number of hydrogen-bond acceptors (Lipinski definition) is 7. The van der Waals surface area contributed by atoms with Crippen molar-refractivity contribution in [3.63, 3.8) is 0 Å². The Morgan fingerprint density at radius 1 is 1.31 bits per heavy atom. The lowest BCUT2D eigenvalue weighted by atomic mass is 10.1. The van der Waals surface area contributed by atoms with Gasteiger partial charge in [-0.05, 0) is 43.6 Å². The van der Waals surface area contributed by atoms with Gasteiger partial charge in [0, 0.05) is 10.4 Å². The summed E-state index contributed by atoms with van der Waals surface area (Å²) in [7, 11) is 0. The van der Waals surface area contributed by atoms with Crippen LogP contribution < -0.4 is 10.6 Å². The molecule has 2 N–H and O–H groups in total. The van der Waals surface area contributed by atoms with Gasteiger partial charge in [-0.3, -0.25) is 14.9 Å². The molecule has 2 rings (SSSR count). The average molecular weight is 476 g/mol. The van der Waals surface area contributed by atoms with Crippen LogP contribution in [0.25, 0.3) is 0 Å². The Hall–Kier alpha value is -1.81. The molecule has 156 valence electrons. The van der Waals surface area contributed by atoms with Crippen molar-refractivity contribution in [2.75, 3.05) is 23.9 Å². The first-order valence-electron chi connectivity index (χ1n) is 8.43. The minimum Gasteiger partial charge on any atom is -0.454 e. The van der Waals surface area contributed by atoms with Gasteiger partial charge in [-0.25, -0.2) is 9.78 Å². The molecule has 11 heteroatoms. The number of nitrogens with one attached hydrogen (secondary N) is 2. The Kier molecular flexibility index (Phi) is 9.22. The van der Waals surface area contributed by atoms with Gasteiger partial charge >= 0.3 is 5.97 Å². The van der Waals surface area contributed by atoms with Crippen LogP contribution in [-0.2, 0) is 14.3 Å². The molecule has 1 heterocycles. The summed E-state index contributed by atoms with van der Waals surface area (Å²) >= 11 is 14.7. The predicted octanol–water partition coefficient (Wildman–Crippen LogP) is 3.79. The van der Waals surface area contributed by atoms with Gasteiger partial charge in [0.15, 0.2) is 11.7 Å². The van der Waals surface area contributed by atoms with Gasteiger partial charge in [0.25, 0.3) is 11.8 Å². The molecule has 0 radical (unpaired) electrons. The number of esters is 1. The minimum atomic E-state index is -0.920. The van der Waals surface area contributed by atoms with E-state index in [0.717, 1.165) is 5.69 Å². The molecule has 1 atom stereocenters. The number of thiazole rings is 1. The summed E-state index contributed by atoms with van der Waals surface area (Å²) in [6.45, 7) is 1.32. The van der Waals surface area contributed by atoms with E-state index in [1.807, 2.05) is 6.26 Å². The number of hydrogen-bond donors (Lipinski definition) is 2. The minimum absolute atomic E-state index is 0.171. The van der Waals surface area contributed by atoms with Gasteiger partial charge in [-0.2, -0.15) is 11.8 Å². The highest BCUT2D eigenvalue weighted by atomic mass is 35.5. The van der Waals surface area contributed by atoms with Gasteiger partial charge in [0.2, 0.25) is 0 Å². The number of anilines is 1. The zero-order valence-electron chi connectivity index (χ0n) is 15.7. The van der Waals surface area contributed by atoms with Crippen LogP contribution in [0.1, 0.15) is 22.5 Å². The van der Waals surface area contributed by atoms with Gasteiger partial charge in [-0.1, -0.05) is 23.2 Å². The summed E-state index contributed by atoms with van der Waals surface area (Å²) in [5.41, 5.74) is 0.970. The van der Waals surface area contributed by atoms with Crippen LogP contribution in [-0.4, -0.2) is 47.4 Å². The zero-order chi connectivity index (χ0) is 21.4. The summed E-state index contributed by atoms with van der Waals surface area (Å²) in [4.78, 5) is 41.0. The third-order valence-corrected chi connectivity index (χ3v) is 5.65. The summed E-state index contributed by atoms with van der Waals surface area (Å²) in [5.74, 6) is -1.14. The quantitative estimate of drug-likeness (QED) is 0.535. The van der Waals surface area contributed by atoms with Crippen molar-refractivity contribution in [3.05, 3.63) is 44.9 Å². The molecule has 1 aromatic carbocycles. The van der Waals surface area contributed by atoms with Gasteiger partial charge < -0.3 is 10.1 Å². The normalized spacial score (nSPS) is 11.6. The number of aromatic nitrogens is 1. The molecule has 0 fully saturated rings. The van der Waals surface area contributed by atoms with E-state index in [1.165, 1.54) is 41.3 Å². The van der Waals surface area contributed by atoms with E-state index in [4.69, 9.17) is 27.9 Å². The van der Waals surface area contributed by atoms with E-state index in [1.54, 1.807) is 12.3 Å². The molecule has 1 aromatic heterocycles. The summed E-state index contributed by atoms with van der Waals surface area (Å²) < 4.78 is 5.08. The first-order valence-corrected chi connectivity index (χ1v) is 11.5. The molecule has 0 spiro atoms. The molecule has 0 aliphatic rings. The Bertz CT molecular complexity index is 892. The number of aryl methyl sites for hydroxylation is 1. The van der Waals surface area contributed by atoms with Crippen molar-refractivity contribution < 1.29 is 19.1 Å². The van der Waals surface area contributed by atoms with Crippen molar-refractivity contribution in [2.24, 2.45) is 0 Å². The third kappa shape index (κ3) is 7.50. The molecular weight excluding hydrogens is 457 g/mol. The molecule has 2 aromatic rings. The van der Waals surface area contributed by atoms with E-state index < -0.39 is 30.4 Å². The zero-order valence-corrected chi connectivity index (χ0v) is 18.8. The molecule has 0 aliphatic heterocycles. The molecule has 0 saturated heterocycles. The molecule has 7 nitrogen and oxygen atoms in total. The van der Waals surface area contributed by atoms with E-state index in [0.29, 0.717) is 22.3 Å². The van der Waals surface area contributed by atoms with E-state index in [-0.39, 0.29) is 10.6 Å². The number of carbonyl (C=O) groups excluding carboxylic acids is 3. The van der Waals surface area contributed by atoms with Crippen LogP contribution in [0.4, 0.5) is 5.13 Å². The van der Waals surface area contributed by atoms with Crippen molar-refractivity contribution in [3.8, 4) is 0 Å². The molecular formula is C18H19Cl2N3O4S2. The standard InChI is InChI=1S/C18H19Cl2N3O4S2/c1-10-9-29-18(21-10)23-15(24)8-27-17(26)14(5-6-28-2)22-16(25)12-4-3-11(19)7-13(12)20/h3-4,7,9,14H,5-6,8H2,1-2H3,(H,22,25)(H,21,23,24). The maximum absolute atomic E-state index is 12.5. The molecule has 0 saturated carbocycles. The largest absolute Gasteiger partial charge is 0.454 e. The van der Waals surface area contributed by atoms with Gasteiger partial charge in [-0.15, -0.1) is 11.3 Å². The number of halogens is 2. The van der Waals surface area contributed by atoms with E-state index >= 15 is 0 Å². The number of thioether (sulfide) groups is 1. The smallest absolute Gasteiger partial charge is 0.329 e. The van der Waals surface area contributed by atoms with Crippen LogP contribution in [0.2, 0.25) is 10.0 Å². The number of benzene rings is 1. The second-order valence-electron chi connectivity index (χ2n) is 5.88. The lowest BCUT2D eigenvalue weighted by molar-refractivity contribution is -0.149. The van der Waals surface area contributed by atoms with Crippen molar-refractivity contribution in [2.45, 2.75) is 19.4 Å². The number of carbonyl (C=O) groups is 3. The predicted molar refractivity (Wildman–Crippen MR) is 117 cm³/mol. The molecule has 2 amide bonds. The number of nitrogens with zero attached hydrogens (tertiary/aromatic N) is 1. The lowest BCUT2D eigenvalue weighted by Gasteiger charge is -2.17. The van der Waals surface area contributed by atoms with Crippen LogP contribution in [0, 0.1) is 6.92 Å². The van der Waals surface area contributed by atoms with Crippen molar-refractivity contribution in [1.29, 1.82) is 0 Å². The fraction of sp³-hybridized carbons (Fsp3) is 0.333. The van der Waals surface area contributed by atoms with Crippen LogP contribution in [0.5, 0.6) is 0 Å². The number of ether oxygens (including phenoxy) is 1. The molecule has 0 aliphatic carbocycles. The highest BCUT2D eigenvalue weighted by molar-refractivity contribution is 7.98. The Morgan fingerprint density at radius 2 is 2.07 bits per heavy atom. The fourth-order valence-corrected chi connectivity index (χ4v) is 3.87. The molecule has 29 heavy (non-hydrogen) atoms. The second-order valence-corrected chi connectivity index (χ2v) is 8.57. The van der Waals surface area contributed by atoms with Gasteiger partial charge in [0.1, 0.15) is 6.04 Å². The number of amides is 2. The van der Waals surface area contributed by atoms with Crippen LogP contribution in [0.3, 0.4) is 0 Å². The monoisotopic (exact) mass is 475 g/mol. The fourth-order valence-electron chi connectivity index (χ4n) is 2.20. The maximum Gasteiger partial charge on any atom is 0.329 e. The van der Waals surface area contributed by atoms with Crippen molar-refractivity contribution >= 4 is 69.2 Å². The number of rotatable bonds is 9. The van der Waals surface area contributed by atoms with E-state index in [2.05, 4.69) is 15.6 Å². The van der Waals surface area contributed by atoms with Gasteiger partial charge in [0.05, 0.1) is 16.3 Å². The summed E-state index contributed by atoms with van der Waals surface area (Å²) in [5, 5.41) is 7.94.